The molecule has 1 nitrogen and oxygen atoms in total. The van der Waals surface area contributed by atoms with E-state index in [1.165, 1.54) is 96.1 Å². The molecule has 4 aromatic carbocycles. The van der Waals surface area contributed by atoms with Gasteiger partial charge in [0.15, 0.2) is 0 Å². The minimum atomic E-state index is 0.776. The van der Waals surface area contributed by atoms with Crippen LogP contribution in [-0.4, -0.2) is 7.05 Å². The molecule has 0 saturated heterocycles. The smallest absolute Gasteiger partial charge is 0.0408 e. The fraction of sp³-hybridized carbons (Fsp3) is 0.314. The van der Waals surface area contributed by atoms with Crippen molar-refractivity contribution in [3.05, 3.63) is 108 Å². The van der Waals surface area contributed by atoms with Crippen LogP contribution < -0.4 is 4.90 Å². The maximum Gasteiger partial charge on any atom is 0.0408 e. The summed E-state index contributed by atoms with van der Waals surface area (Å²) in [4.78, 5) is 2.26. The highest BCUT2D eigenvalue weighted by molar-refractivity contribution is 5.72. The monoisotopic (exact) mass is 471 g/mol. The van der Waals surface area contributed by atoms with Crippen LogP contribution in [0.2, 0.25) is 0 Å². The van der Waals surface area contributed by atoms with Gasteiger partial charge in [0.05, 0.1) is 0 Å². The average molecular weight is 472 g/mol. The second-order valence-corrected chi connectivity index (χ2v) is 10.9. The summed E-state index contributed by atoms with van der Waals surface area (Å²) in [5.74, 6) is 1.55. The van der Waals surface area contributed by atoms with Crippen molar-refractivity contribution >= 4 is 11.4 Å². The summed E-state index contributed by atoms with van der Waals surface area (Å²) < 4.78 is 0. The first-order valence-electron chi connectivity index (χ1n) is 13.9. The molecule has 2 aliphatic rings. The summed E-state index contributed by atoms with van der Waals surface area (Å²) in [6.07, 6.45) is 11.0. The molecule has 0 aromatic heterocycles. The fourth-order valence-corrected chi connectivity index (χ4v) is 6.32. The number of benzene rings is 4. The van der Waals surface area contributed by atoms with Gasteiger partial charge in [0.2, 0.25) is 0 Å². The van der Waals surface area contributed by atoms with Gasteiger partial charge in [-0.25, -0.2) is 0 Å². The van der Waals surface area contributed by atoms with Crippen molar-refractivity contribution in [2.75, 3.05) is 11.9 Å². The van der Waals surface area contributed by atoms with Gasteiger partial charge in [-0.15, -0.1) is 0 Å². The van der Waals surface area contributed by atoms with Gasteiger partial charge in [0.1, 0.15) is 0 Å². The summed E-state index contributed by atoms with van der Waals surface area (Å²) in [6.45, 7) is 0. The molecule has 182 valence electrons. The Kier molecular flexibility index (Phi) is 6.64. The molecule has 2 saturated carbocycles. The lowest BCUT2D eigenvalue weighted by molar-refractivity contribution is 0.723. The molecular formula is C35H37N. The molecule has 4 aromatic rings. The highest BCUT2D eigenvalue weighted by Gasteiger charge is 2.17. The summed E-state index contributed by atoms with van der Waals surface area (Å²) in [5.41, 5.74) is 10.6. The van der Waals surface area contributed by atoms with Crippen LogP contribution in [0.4, 0.5) is 11.4 Å². The summed E-state index contributed by atoms with van der Waals surface area (Å²) in [7, 11) is 2.15. The Bertz CT molecular complexity index is 1150. The van der Waals surface area contributed by atoms with Crippen molar-refractivity contribution in [3.63, 3.8) is 0 Å². The highest BCUT2D eigenvalue weighted by Crippen LogP contribution is 2.36. The van der Waals surface area contributed by atoms with Crippen molar-refractivity contribution in [2.45, 2.75) is 63.2 Å². The van der Waals surface area contributed by atoms with Gasteiger partial charge in [0, 0.05) is 18.4 Å². The molecule has 6 rings (SSSR count). The van der Waals surface area contributed by atoms with E-state index < -0.39 is 0 Å². The third kappa shape index (κ3) is 4.85. The van der Waals surface area contributed by atoms with Gasteiger partial charge < -0.3 is 4.90 Å². The zero-order valence-corrected chi connectivity index (χ0v) is 21.5. The van der Waals surface area contributed by atoms with Crippen molar-refractivity contribution in [1.29, 1.82) is 0 Å². The maximum absolute atomic E-state index is 2.34. The van der Waals surface area contributed by atoms with E-state index in [-0.39, 0.29) is 0 Å². The van der Waals surface area contributed by atoms with Gasteiger partial charge in [-0.3, -0.25) is 0 Å². The predicted molar refractivity (Wildman–Crippen MR) is 154 cm³/mol. The number of nitrogens with zero attached hydrogens (tertiary/aromatic N) is 1. The molecular weight excluding hydrogens is 434 g/mol. The van der Waals surface area contributed by atoms with E-state index in [9.17, 15) is 0 Å². The van der Waals surface area contributed by atoms with Crippen molar-refractivity contribution in [2.24, 2.45) is 0 Å². The summed E-state index contributed by atoms with van der Waals surface area (Å²) in [6, 6.07) is 36.5. The van der Waals surface area contributed by atoms with Gasteiger partial charge in [-0.1, -0.05) is 98.5 Å². The van der Waals surface area contributed by atoms with E-state index in [1.807, 2.05) is 0 Å². The van der Waals surface area contributed by atoms with Crippen molar-refractivity contribution in [3.8, 4) is 22.3 Å². The fourth-order valence-electron chi connectivity index (χ4n) is 6.32. The lowest BCUT2D eigenvalue weighted by Gasteiger charge is -2.20. The Hall–Kier alpha value is -3.32. The van der Waals surface area contributed by atoms with Crippen LogP contribution in [0.1, 0.15) is 74.3 Å². The van der Waals surface area contributed by atoms with Crippen LogP contribution in [-0.2, 0) is 0 Å². The van der Waals surface area contributed by atoms with Gasteiger partial charge >= 0.3 is 0 Å². The molecule has 0 heterocycles. The molecule has 36 heavy (non-hydrogen) atoms. The predicted octanol–water partition coefficient (Wildman–Crippen LogP) is 10.1. The zero-order valence-electron chi connectivity index (χ0n) is 21.5. The number of hydrogen-bond acceptors (Lipinski definition) is 1. The molecule has 0 bridgehead atoms. The third-order valence-electron chi connectivity index (χ3n) is 8.65. The van der Waals surface area contributed by atoms with Crippen LogP contribution in [0.3, 0.4) is 0 Å². The summed E-state index contributed by atoms with van der Waals surface area (Å²) >= 11 is 0. The average Bonchev–Trinajstić information content (AvgIpc) is 3.69. The molecule has 0 aliphatic heterocycles. The quantitative estimate of drug-likeness (QED) is 0.270. The normalized spacial score (nSPS) is 16.5. The molecule has 2 aliphatic carbocycles. The topological polar surface area (TPSA) is 3.24 Å². The second kappa shape index (κ2) is 10.3. The first kappa shape index (κ1) is 23.1. The molecule has 0 spiro atoms. The third-order valence-corrected chi connectivity index (χ3v) is 8.65. The largest absolute Gasteiger partial charge is 0.345 e. The van der Waals surface area contributed by atoms with Crippen molar-refractivity contribution < 1.29 is 0 Å². The number of rotatable bonds is 6. The van der Waals surface area contributed by atoms with E-state index in [2.05, 4.69) is 109 Å². The van der Waals surface area contributed by atoms with E-state index in [0.717, 1.165) is 11.8 Å². The zero-order chi connectivity index (χ0) is 24.3. The van der Waals surface area contributed by atoms with Crippen LogP contribution in [0.15, 0.2) is 97.1 Å². The SMILES string of the molecule is CN(c1ccc(-c2ccc(C3CCCC3)cc2)cc1)c1ccc(-c2ccc(C3CCCC3)cc2)cc1. The van der Waals surface area contributed by atoms with E-state index >= 15 is 0 Å². The van der Waals surface area contributed by atoms with Crippen LogP contribution in [0, 0.1) is 0 Å². The maximum atomic E-state index is 2.34. The van der Waals surface area contributed by atoms with E-state index in [0.29, 0.717) is 0 Å². The molecule has 2 fully saturated rings. The molecule has 1 heteroatoms. The Morgan fingerprint density at radius 2 is 0.694 bits per heavy atom. The molecule has 0 atom stereocenters. The first-order chi connectivity index (χ1) is 17.7. The van der Waals surface area contributed by atoms with E-state index in [4.69, 9.17) is 0 Å². The minimum absolute atomic E-state index is 0.776. The Morgan fingerprint density at radius 3 is 1.00 bits per heavy atom. The van der Waals surface area contributed by atoms with E-state index in [1.54, 1.807) is 0 Å². The standard InChI is InChI=1S/C35H37N/c1-36(34-22-18-32(19-23-34)30-14-10-28(11-15-30)26-6-2-3-7-26)35-24-20-33(21-25-35)31-16-12-29(13-17-31)27-8-4-5-9-27/h10-27H,2-9H2,1H3. The Balaban J connectivity index is 1.12. The van der Waals surface area contributed by atoms with Gasteiger partial charge in [0.25, 0.3) is 0 Å². The number of hydrogen-bond donors (Lipinski definition) is 0. The second-order valence-electron chi connectivity index (χ2n) is 10.9. The number of anilines is 2. The molecule has 0 amide bonds. The lowest BCUT2D eigenvalue weighted by atomic mass is 9.95. The van der Waals surface area contributed by atoms with Crippen LogP contribution >= 0.6 is 0 Å². The highest BCUT2D eigenvalue weighted by atomic mass is 15.1. The minimum Gasteiger partial charge on any atom is -0.345 e. The molecule has 0 N–H and O–H groups in total. The van der Waals surface area contributed by atoms with Gasteiger partial charge in [-0.05, 0) is 95.2 Å². The lowest BCUT2D eigenvalue weighted by Crippen LogP contribution is -2.08. The molecule has 0 unspecified atom stereocenters. The first-order valence-corrected chi connectivity index (χ1v) is 13.9. The van der Waals surface area contributed by atoms with Gasteiger partial charge in [-0.2, -0.15) is 0 Å². The Labute approximate surface area is 216 Å². The van der Waals surface area contributed by atoms with Crippen LogP contribution in [0.5, 0.6) is 0 Å². The Morgan fingerprint density at radius 1 is 0.417 bits per heavy atom. The molecule has 0 radical (unpaired) electrons. The van der Waals surface area contributed by atoms with Crippen molar-refractivity contribution in [1.82, 2.24) is 0 Å². The van der Waals surface area contributed by atoms with Crippen LogP contribution in [0.25, 0.3) is 22.3 Å². The summed E-state index contributed by atoms with van der Waals surface area (Å²) in [5, 5.41) is 0.